The van der Waals surface area contributed by atoms with E-state index in [4.69, 9.17) is 0 Å². The fraction of sp³-hybridized carbons (Fsp3) is 0.571. The third-order valence-corrected chi connectivity index (χ3v) is 4.23. The van der Waals surface area contributed by atoms with Crippen molar-refractivity contribution in [3.63, 3.8) is 0 Å². The summed E-state index contributed by atoms with van der Waals surface area (Å²) in [6.07, 6.45) is 2.58. The van der Waals surface area contributed by atoms with Gasteiger partial charge in [0, 0.05) is 18.0 Å². The maximum absolute atomic E-state index is 11.8. The molecule has 0 bridgehead atoms. The third kappa shape index (κ3) is 4.52. The number of thiophene rings is 1. The van der Waals surface area contributed by atoms with Crippen molar-refractivity contribution in [2.45, 2.75) is 32.2 Å². The average Bonchev–Trinajstić information content (AvgIpc) is 2.92. The number of carbonyl (C=O) groups is 2. The van der Waals surface area contributed by atoms with Gasteiger partial charge < -0.3 is 16.0 Å². The molecule has 2 rings (SSSR count). The van der Waals surface area contributed by atoms with Gasteiger partial charge in [0.2, 0.25) is 5.91 Å². The summed E-state index contributed by atoms with van der Waals surface area (Å²) in [5.41, 5.74) is 0. The summed E-state index contributed by atoms with van der Waals surface area (Å²) in [7, 11) is 0. The van der Waals surface area contributed by atoms with E-state index in [1.165, 1.54) is 4.88 Å². The molecule has 0 radical (unpaired) electrons. The number of urea groups is 1. The highest BCUT2D eigenvalue weighted by Gasteiger charge is 2.23. The number of nitrogens with one attached hydrogen (secondary N) is 3. The molecule has 0 spiro atoms. The Morgan fingerprint density at radius 3 is 3.15 bits per heavy atom. The van der Waals surface area contributed by atoms with Crippen LogP contribution in [0.5, 0.6) is 0 Å². The van der Waals surface area contributed by atoms with E-state index < -0.39 is 6.04 Å². The molecule has 110 valence electrons. The molecular weight excluding hydrogens is 274 g/mol. The van der Waals surface area contributed by atoms with Crippen LogP contribution in [0.25, 0.3) is 0 Å². The molecule has 3 N–H and O–H groups in total. The van der Waals surface area contributed by atoms with Gasteiger partial charge in [-0.05, 0) is 36.6 Å². The van der Waals surface area contributed by atoms with Crippen LogP contribution in [0.3, 0.4) is 0 Å². The summed E-state index contributed by atoms with van der Waals surface area (Å²) in [5, 5.41) is 10.4. The minimum absolute atomic E-state index is 0.0852. The maximum atomic E-state index is 11.8. The number of hydrogen-bond donors (Lipinski definition) is 3. The molecule has 1 aliphatic rings. The molecule has 1 fully saturated rings. The summed E-state index contributed by atoms with van der Waals surface area (Å²) in [6.45, 7) is 3.42. The van der Waals surface area contributed by atoms with Gasteiger partial charge in [-0.1, -0.05) is 13.0 Å². The highest BCUT2D eigenvalue weighted by Crippen LogP contribution is 2.13. The molecule has 0 aliphatic carbocycles. The highest BCUT2D eigenvalue weighted by atomic mass is 32.1. The van der Waals surface area contributed by atoms with Crippen molar-refractivity contribution in [2.75, 3.05) is 13.1 Å². The average molecular weight is 295 g/mol. The fourth-order valence-corrected chi connectivity index (χ4v) is 3.10. The first-order valence-corrected chi connectivity index (χ1v) is 7.87. The molecule has 5 nitrogen and oxygen atoms in total. The molecule has 3 amide bonds. The smallest absolute Gasteiger partial charge is 0.315 e. The van der Waals surface area contributed by atoms with E-state index in [0.717, 1.165) is 12.8 Å². The summed E-state index contributed by atoms with van der Waals surface area (Å²) >= 11 is 1.73. The molecule has 1 aromatic rings. The van der Waals surface area contributed by atoms with Crippen molar-refractivity contribution in [3.05, 3.63) is 22.4 Å². The van der Waals surface area contributed by atoms with Crippen LogP contribution in [0, 0.1) is 5.92 Å². The van der Waals surface area contributed by atoms with Crippen LogP contribution in [0.2, 0.25) is 0 Å². The van der Waals surface area contributed by atoms with Crippen molar-refractivity contribution in [2.24, 2.45) is 5.92 Å². The SMILES string of the molecule is C[C@H](CNC(=O)N[C@H]1CCCNC1=O)Cc1cccs1. The second kappa shape index (κ2) is 7.28. The van der Waals surface area contributed by atoms with Gasteiger partial charge in [-0.3, -0.25) is 4.79 Å². The van der Waals surface area contributed by atoms with Crippen LogP contribution < -0.4 is 16.0 Å². The lowest BCUT2D eigenvalue weighted by Gasteiger charge is -2.23. The molecule has 0 aromatic carbocycles. The van der Waals surface area contributed by atoms with Crippen molar-refractivity contribution in [1.29, 1.82) is 0 Å². The van der Waals surface area contributed by atoms with Crippen LogP contribution in [-0.4, -0.2) is 31.1 Å². The second-order valence-corrected chi connectivity index (χ2v) is 6.26. The first-order valence-electron chi connectivity index (χ1n) is 6.99. The minimum Gasteiger partial charge on any atom is -0.354 e. The third-order valence-electron chi connectivity index (χ3n) is 3.33. The molecule has 1 aromatic heterocycles. The highest BCUT2D eigenvalue weighted by molar-refractivity contribution is 7.09. The quantitative estimate of drug-likeness (QED) is 0.770. The van der Waals surface area contributed by atoms with E-state index in [9.17, 15) is 9.59 Å². The summed E-state index contributed by atoms with van der Waals surface area (Å²) < 4.78 is 0. The maximum Gasteiger partial charge on any atom is 0.315 e. The van der Waals surface area contributed by atoms with Gasteiger partial charge in [0.05, 0.1) is 0 Å². The Bertz CT molecular complexity index is 447. The number of rotatable bonds is 5. The van der Waals surface area contributed by atoms with Gasteiger partial charge in [-0.2, -0.15) is 0 Å². The Morgan fingerprint density at radius 2 is 2.45 bits per heavy atom. The molecule has 2 atom stereocenters. The number of amides is 3. The molecule has 0 unspecified atom stereocenters. The Hall–Kier alpha value is -1.56. The van der Waals surface area contributed by atoms with Gasteiger partial charge in [0.1, 0.15) is 6.04 Å². The van der Waals surface area contributed by atoms with Crippen molar-refractivity contribution in [3.8, 4) is 0 Å². The van der Waals surface area contributed by atoms with Gasteiger partial charge in [0.15, 0.2) is 0 Å². The van der Waals surface area contributed by atoms with Crippen LogP contribution in [0.1, 0.15) is 24.6 Å². The van der Waals surface area contributed by atoms with Crippen molar-refractivity contribution in [1.82, 2.24) is 16.0 Å². The Morgan fingerprint density at radius 1 is 1.60 bits per heavy atom. The monoisotopic (exact) mass is 295 g/mol. The zero-order chi connectivity index (χ0) is 14.4. The molecule has 1 saturated heterocycles. The van der Waals surface area contributed by atoms with Crippen LogP contribution >= 0.6 is 11.3 Å². The van der Waals surface area contributed by atoms with E-state index >= 15 is 0 Å². The van der Waals surface area contributed by atoms with Crippen molar-refractivity contribution >= 4 is 23.3 Å². The van der Waals surface area contributed by atoms with Gasteiger partial charge in [-0.15, -0.1) is 11.3 Å². The number of piperidine rings is 1. The molecule has 1 aliphatic heterocycles. The Labute approximate surface area is 123 Å². The van der Waals surface area contributed by atoms with E-state index in [1.807, 2.05) is 6.07 Å². The lowest BCUT2D eigenvalue weighted by molar-refractivity contribution is -0.124. The molecule has 0 saturated carbocycles. The number of carbonyl (C=O) groups excluding carboxylic acids is 2. The lowest BCUT2D eigenvalue weighted by atomic mass is 10.1. The van der Waals surface area contributed by atoms with Crippen LogP contribution in [-0.2, 0) is 11.2 Å². The van der Waals surface area contributed by atoms with Gasteiger partial charge in [-0.25, -0.2) is 4.79 Å². The molecule has 20 heavy (non-hydrogen) atoms. The zero-order valence-electron chi connectivity index (χ0n) is 11.6. The largest absolute Gasteiger partial charge is 0.354 e. The van der Waals surface area contributed by atoms with E-state index in [-0.39, 0.29) is 11.9 Å². The Kier molecular flexibility index (Phi) is 5.40. The molecule has 2 heterocycles. The summed E-state index contributed by atoms with van der Waals surface area (Å²) in [6, 6.07) is 3.49. The Balaban J connectivity index is 1.67. The number of hydrogen-bond acceptors (Lipinski definition) is 3. The summed E-state index contributed by atoms with van der Waals surface area (Å²) in [5.74, 6) is 0.289. The second-order valence-electron chi connectivity index (χ2n) is 5.23. The topological polar surface area (TPSA) is 70.2 Å². The predicted octanol–water partition coefficient (Wildman–Crippen LogP) is 1.50. The molecule has 6 heteroatoms. The first kappa shape index (κ1) is 14.8. The minimum atomic E-state index is -0.392. The molecular formula is C14H21N3O2S. The lowest BCUT2D eigenvalue weighted by Crippen LogP contribution is -2.53. The normalized spacial score (nSPS) is 20.1. The van der Waals surface area contributed by atoms with Crippen LogP contribution in [0.15, 0.2) is 17.5 Å². The summed E-state index contributed by atoms with van der Waals surface area (Å²) in [4.78, 5) is 24.6. The zero-order valence-corrected chi connectivity index (χ0v) is 12.5. The van der Waals surface area contributed by atoms with Crippen LogP contribution in [0.4, 0.5) is 4.79 Å². The van der Waals surface area contributed by atoms with E-state index in [0.29, 0.717) is 25.4 Å². The predicted molar refractivity (Wildman–Crippen MR) is 79.8 cm³/mol. The van der Waals surface area contributed by atoms with E-state index in [1.54, 1.807) is 11.3 Å². The van der Waals surface area contributed by atoms with Crippen molar-refractivity contribution < 1.29 is 9.59 Å². The van der Waals surface area contributed by atoms with Gasteiger partial charge in [0.25, 0.3) is 0 Å². The standard InChI is InChI=1S/C14H21N3O2S/c1-10(8-11-4-3-7-20-11)9-16-14(19)17-12-5-2-6-15-13(12)18/h3-4,7,10,12H,2,5-6,8-9H2,1H3,(H,15,18)(H2,16,17,19)/t10-,12-/m0/s1. The van der Waals surface area contributed by atoms with Gasteiger partial charge >= 0.3 is 6.03 Å². The fourth-order valence-electron chi connectivity index (χ4n) is 2.23. The van der Waals surface area contributed by atoms with E-state index in [2.05, 4.69) is 34.3 Å². The first-order chi connectivity index (χ1) is 9.65.